The normalized spacial score (nSPS) is 9.92. The highest BCUT2D eigenvalue weighted by molar-refractivity contribution is 6.08. The van der Waals surface area contributed by atoms with Crippen LogP contribution in [0.5, 0.6) is 11.5 Å². The Balaban J connectivity index is 1.88. The fraction of sp³-hybridized carbons (Fsp3) is 0.222. The molecular weight excluding hydrogens is 308 g/mol. The van der Waals surface area contributed by atoms with Crippen LogP contribution in [0.4, 0.5) is 11.4 Å². The third kappa shape index (κ3) is 5.01. The zero-order valence-electron chi connectivity index (χ0n) is 13.7. The third-order valence-electron chi connectivity index (χ3n) is 3.15. The number of methoxy groups -OCH3 is 1. The van der Waals surface area contributed by atoms with Crippen molar-refractivity contribution < 1.29 is 19.1 Å². The molecule has 0 atom stereocenters. The van der Waals surface area contributed by atoms with Crippen LogP contribution in [0.2, 0.25) is 0 Å². The van der Waals surface area contributed by atoms with E-state index in [1.165, 1.54) is 7.11 Å². The zero-order chi connectivity index (χ0) is 17.4. The van der Waals surface area contributed by atoms with Gasteiger partial charge >= 0.3 is 0 Å². The number of ether oxygens (including phenoxy) is 2. The van der Waals surface area contributed by atoms with Crippen LogP contribution < -0.4 is 20.1 Å². The molecular formula is C18H20N2O4. The Bertz CT molecular complexity index is 698. The SMILES string of the molecule is CCOc1ccc(NC(=O)CC(=O)Nc2ccccc2OC)cc1. The Hall–Kier alpha value is -3.02. The van der Waals surface area contributed by atoms with E-state index in [9.17, 15) is 9.59 Å². The summed E-state index contributed by atoms with van der Waals surface area (Å²) in [6, 6.07) is 14.0. The Kier molecular flexibility index (Phi) is 6.19. The molecule has 6 heteroatoms. The summed E-state index contributed by atoms with van der Waals surface area (Å²) in [7, 11) is 1.52. The molecule has 0 saturated heterocycles. The van der Waals surface area contributed by atoms with Crippen molar-refractivity contribution in [3.8, 4) is 11.5 Å². The molecule has 2 aromatic rings. The summed E-state index contributed by atoms with van der Waals surface area (Å²) in [6.45, 7) is 2.48. The summed E-state index contributed by atoms with van der Waals surface area (Å²) in [4.78, 5) is 23.9. The molecule has 0 aliphatic carbocycles. The fourth-order valence-corrected chi connectivity index (χ4v) is 2.09. The molecule has 2 amide bonds. The maximum atomic E-state index is 12.0. The molecule has 0 unspecified atom stereocenters. The summed E-state index contributed by atoms with van der Waals surface area (Å²) in [5.41, 5.74) is 1.13. The van der Waals surface area contributed by atoms with Crippen LogP contribution in [0.15, 0.2) is 48.5 Å². The molecule has 2 N–H and O–H groups in total. The van der Waals surface area contributed by atoms with Gasteiger partial charge in [-0.05, 0) is 43.3 Å². The number of anilines is 2. The van der Waals surface area contributed by atoms with Gasteiger partial charge in [0.25, 0.3) is 0 Å². The molecule has 0 saturated carbocycles. The van der Waals surface area contributed by atoms with E-state index in [4.69, 9.17) is 9.47 Å². The Morgan fingerprint density at radius 1 is 0.958 bits per heavy atom. The van der Waals surface area contributed by atoms with Crippen LogP contribution in [-0.4, -0.2) is 25.5 Å². The second kappa shape index (κ2) is 8.57. The molecule has 24 heavy (non-hydrogen) atoms. The molecule has 0 fully saturated rings. The summed E-state index contributed by atoms with van der Waals surface area (Å²) in [6.07, 6.45) is -0.286. The van der Waals surface area contributed by atoms with E-state index in [0.717, 1.165) is 5.75 Å². The Morgan fingerprint density at radius 2 is 1.62 bits per heavy atom. The van der Waals surface area contributed by atoms with Crippen LogP contribution in [-0.2, 0) is 9.59 Å². The maximum absolute atomic E-state index is 12.0. The fourth-order valence-electron chi connectivity index (χ4n) is 2.09. The van der Waals surface area contributed by atoms with Gasteiger partial charge in [0, 0.05) is 5.69 Å². The van der Waals surface area contributed by atoms with Crippen LogP contribution in [0.1, 0.15) is 13.3 Å². The highest BCUT2D eigenvalue weighted by Gasteiger charge is 2.12. The van der Waals surface area contributed by atoms with Crippen molar-refractivity contribution in [3.63, 3.8) is 0 Å². The molecule has 6 nitrogen and oxygen atoms in total. The van der Waals surface area contributed by atoms with Gasteiger partial charge in [0.2, 0.25) is 11.8 Å². The number of nitrogens with one attached hydrogen (secondary N) is 2. The van der Waals surface area contributed by atoms with Gasteiger partial charge < -0.3 is 20.1 Å². The lowest BCUT2D eigenvalue weighted by molar-refractivity contribution is -0.123. The standard InChI is InChI=1S/C18H20N2O4/c1-3-24-14-10-8-13(9-11-14)19-17(21)12-18(22)20-15-6-4-5-7-16(15)23-2/h4-11H,3,12H2,1-2H3,(H,19,21)(H,20,22). The van der Waals surface area contributed by atoms with E-state index in [2.05, 4.69) is 10.6 Å². The van der Waals surface area contributed by atoms with Crippen LogP contribution in [0.25, 0.3) is 0 Å². The first-order valence-corrected chi connectivity index (χ1v) is 7.58. The Morgan fingerprint density at radius 3 is 2.29 bits per heavy atom. The van der Waals surface area contributed by atoms with Gasteiger partial charge in [-0.2, -0.15) is 0 Å². The number of hydrogen-bond donors (Lipinski definition) is 2. The monoisotopic (exact) mass is 328 g/mol. The average Bonchev–Trinajstić information content (AvgIpc) is 2.57. The molecule has 0 aliphatic heterocycles. The second-order valence-electron chi connectivity index (χ2n) is 4.93. The predicted octanol–water partition coefficient (Wildman–Crippen LogP) is 3.06. The van der Waals surface area contributed by atoms with Crippen molar-refractivity contribution in [2.45, 2.75) is 13.3 Å². The summed E-state index contributed by atoms with van der Waals surface area (Å²) < 4.78 is 10.5. The third-order valence-corrected chi connectivity index (χ3v) is 3.15. The summed E-state index contributed by atoms with van der Waals surface area (Å²) in [5, 5.41) is 5.33. The lowest BCUT2D eigenvalue weighted by Gasteiger charge is -2.10. The minimum Gasteiger partial charge on any atom is -0.495 e. The van der Waals surface area contributed by atoms with E-state index >= 15 is 0 Å². The maximum Gasteiger partial charge on any atom is 0.233 e. The van der Waals surface area contributed by atoms with Crippen molar-refractivity contribution in [2.24, 2.45) is 0 Å². The van der Waals surface area contributed by atoms with Crippen LogP contribution >= 0.6 is 0 Å². The van der Waals surface area contributed by atoms with Gasteiger partial charge in [-0.15, -0.1) is 0 Å². The van der Waals surface area contributed by atoms with E-state index in [-0.39, 0.29) is 6.42 Å². The minimum absolute atomic E-state index is 0.286. The van der Waals surface area contributed by atoms with Crippen LogP contribution in [0.3, 0.4) is 0 Å². The van der Waals surface area contributed by atoms with Gasteiger partial charge in [-0.3, -0.25) is 9.59 Å². The highest BCUT2D eigenvalue weighted by atomic mass is 16.5. The molecule has 0 aromatic heterocycles. The van der Waals surface area contributed by atoms with Crippen molar-refractivity contribution in [2.75, 3.05) is 24.4 Å². The van der Waals surface area contributed by atoms with Crippen molar-refractivity contribution in [1.82, 2.24) is 0 Å². The number of rotatable bonds is 7. The molecule has 2 rings (SSSR count). The van der Waals surface area contributed by atoms with Crippen molar-refractivity contribution in [1.29, 1.82) is 0 Å². The van der Waals surface area contributed by atoms with Gasteiger partial charge in [0.05, 0.1) is 19.4 Å². The molecule has 0 radical (unpaired) electrons. The van der Waals surface area contributed by atoms with Gasteiger partial charge in [-0.1, -0.05) is 12.1 Å². The first-order chi connectivity index (χ1) is 11.6. The molecule has 0 aliphatic rings. The van der Waals surface area contributed by atoms with E-state index < -0.39 is 11.8 Å². The van der Waals surface area contributed by atoms with Crippen molar-refractivity contribution >= 4 is 23.2 Å². The molecule has 0 bridgehead atoms. The first-order valence-electron chi connectivity index (χ1n) is 7.58. The largest absolute Gasteiger partial charge is 0.495 e. The van der Waals surface area contributed by atoms with Crippen molar-refractivity contribution in [3.05, 3.63) is 48.5 Å². The van der Waals surface area contributed by atoms with E-state index in [1.807, 2.05) is 6.92 Å². The quantitative estimate of drug-likeness (QED) is 0.766. The number of amides is 2. The number of hydrogen-bond acceptors (Lipinski definition) is 4. The zero-order valence-corrected chi connectivity index (χ0v) is 13.7. The molecule has 2 aromatic carbocycles. The van der Waals surface area contributed by atoms with Gasteiger partial charge in [0.1, 0.15) is 17.9 Å². The average molecular weight is 328 g/mol. The Labute approximate surface area is 140 Å². The summed E-state index contributed by atoms with van der Waals surface area (Å²) in [5.74, 6) is 0.455. The molecule has 0 spiro atoms. The van der Waals surface area contributed by atoms with E-state index in [1.54, 1.807) is 48.5 Å². The first kappa shape index (κ1) is 17.3. The smallest absolute Gasteiger partial charge is 0.233 e. The number of carbonyl (C=O) groups is 2. The summed E-state index contributed by atoms with van der Waals surface area (Å²) >= 11 is 0. The number of para-hydroxylation sites is 2. The highest BCUT2D eigenvalue weighted by Crippen LogP contribution is 2.23. The predicted molar refractivity (Wildman–Crippen MR) is 92.5 cm³/mol. The van der Waals surface area contributed by atoms with Gasteiger partial charge in [-0.25, -0.2) is 0 Å². The lowest BCUT2D eigenvalue weighted by atomic mass is 10.2. The minimum atomic E-state index is -0.414. The number of carbonyl (C=O) groups excluding carboxylic acids is 2. The van der Waals surface area contributed by atoms with E-state index in [0.29, 0.717) is 23.7 Å². The second-order valence-corrected chi connectivity index (χ2v) is 4.93. The lowest BCUT2D eigenvalue weighted by Crippen LogP contribution is -2.21. The molecule has 126 valence electrons. The van der Waals surface area contributed by atoms with Crippen LogP contribution in [0, 0.1) is 0 Å². The molecule has 0 heterocycles. The number of benzene rings is 2. The topological polar surface area (TPSA) is 76.7 Å². The van der Waals surface area contributed by atoms with Gasteiger partial charge in [0.15, 0.2) is 0 Å².